The Balaban J connectivity index is 2.24. The Hall–Kier alpha value is -1.56. The van der Waals surface area contributed by atoms with E-state index in [9.17, 15) is 18.0 Å². The van der Waals surface area contributed by atoms with Crippen molar-refractivity contribution in [3.63, 3.8) is 0 Å². The predicted molar refractivity (Wildman–Crippen MR) is 69.0 cm³/mol. The van der Waals surface area contributed by atoms with Gasteiger partial charge in [-0.05, 0) is 30.4 Å². The number of hydrogen-bond acceptors (Lipinski definition) is 2. The molecule has 2 atom stereocenters. The molecule has 1 aromatic carbocycles. The fraction of sp³-hybridized carbons (Fsp3) is 0.500. The van der Waals surface area contributed by atoms with Gasteiger partial charge in [0.25, 0.3) is 0 Å². The highest BCUT2D eigenvalue weighted by atomic mass is 19.4. The molecule has 1 fully saturated rings. The summed E-state index contributed by atoms with van der Waals surface area (Å²) in [6.07, 6.45) is -2.08. The quantitative estimate of drug-likeness (QED) is 0.893. The van der Waals surface area contributed by atoms with Crippen LogP contribution in [0, 0.1) is 0 Å². The van der Waals surface area contributed by atoms with Crippen molar-refractivity contribution >= 4 is 5.91 Å². The zero-order chi connectivity index (χ0) is 14.8. The lowest BCUT2D eigenvalue weighted by Crippen LogP contribution is -2.38. The Morgan fingerprint density at radius 3 is 2.65 bits per heavy atom. The summed E-state index contributed by atoms with van der Waals surface area (Å²) in [7, 11) is 0. The fourth-order valence-electron chi connectivity index (χ4n) is 2.89. The fourth-order valence-corrected chi connectivity index (χ4v) is 2.89. The lowest BCUT2D eigenvalue weighted by Gasteiger charge is -2.24. The first kappa shape index (κ1) is 14.8. The van der Waals surface area contributed by atoms with Gasteiger partial charge in [-0.25, -0.2) is 0 Å². The second-order valence-electron chi connectivity index (χ2n) is 5.08. The molecule has 0 spiro atoms. The molecule has 0 radical (unpaired) electrons. The lowest BCUT2D eigenvalue weighted by atomic mass is 9.90. The molecular formula is C14H17F3N2O. The second-order valence-corrected chi connectivity index (χ2v) is 5.08. The number of carbonyl (C=O) groups is 1. The van der Waals surface area contributed by atoms with Crippen LogP contribution in [0.3, 0.4) is 0 Å². The van der Waals surface area contributed by atoms with Gasteiger partial charge in [0.05, 0.1) is 12.1 Å². The van der Waals surface area contributed by atoms with Crippen LogP contribution in [0.1, 0.15) is 36.3 Å². The van der Waals surface area contributed by atoms with Crippen molar-refractivity contribution in [2.24, 2.45) is 5.73 Å². The molecule has 0 saturated heterocycles. The average molecular weight is 286 g/mol. The highest BCUT2D eigenvalue weighted by molar-refractivity contribution is 5.75. The molecule has 6 heteroatoms. The summed E-state index contributed by atoms with van der Waals surface area (Å²) in [5, 5.41) is 2.97. The topological polar surface area (TPSA) is 55.1 Å². The molecule has 1 aliphatic rings. The third-order valence-electron chi connectivity index (χ3n) is 3.72. The minimum absolute atomic E-state index is 0.00461. The van der Waals surface area contributed by atoms with E-state index in [2.05, 4.69) is 5.32 Å². The Kier molecular flexibility index (Phi) is 4.32. The number of nitrogens with one attached hydrogen (secondary N) is 1. The molecule has 1 aliphatic carbocycles. The van der Waals surface area contributed by atoms with E-state index in [0.29, 0.717) is 12.0 Å². The van der Waals surface area contributed by atoms with Crippen LogP contribution in [-0.2, 0) is 11.0 Å². The minimum atomic E-state index is -4.35. The van der Waals surface area contributed by atoms with E-state index in [-0.39, 0.29) is 18.5 Å². The molecule has 1 amide bonds. The highest BCUT2D eigenvalue weighted by Gasteiger charge is 2.38. The molecule has 20 heavy (non-hydrogen) atoms. The lowest BCUT2D eigenvalue weighted by molar-refractivity contribution is -0.138. The number of alkyl halides is 3. The summed E-state index contributed by atoms with van der Waals surface area (Å²) in [6, 6.07) is 5.52. The van der Waals surface area contributed by atoms with E-state index in [0.717, 1.165) is 18.9 Å². The van der Waals surface area contributed by atoms with Crippen LogP contribution < -0.4 is 11.1 Å². The maximum absolute atomic E-state index is 13.0. The number of benzene rings is 1. The average Bonchev–Trinajstić information content (AvgIpc) is 2.83. The standard InChI is InChI=1S/C14H17F3N2O/c15-14(16,17)11-6-2-1-4-9(11)10-5-3-7-12(10)19-8-13(18)20/h1-2,4,6,10,12,19H,3,5,7-8H2,(H2,18,20)/t10-,12-/m1/s1. The molecule has 2 rings (SSSR count). The summed E-state index contributed by atoms with van der Waals surface area (Å²) >= 11 is 0. The smallest absolute Gasteiger partial charge is 0.369 e. The van der Waals surface area contributed by atoms with Crippen LogP contribution in [0.15, 0.2) is 24.3 Å². The predicted octanol–water partition coefficient (Wildman–Crippen LogP) is 2.42. The SMILES string of the molecule is NC(=O)CN[C@@H]1CCC[C@@H]1c1ccccc1C(F)(F)F. The van der Waals surface area contributed by atoms with Crippen molar-refractivity contribution in [3.8, 4) is 0 Å². The zero-order valence-corrected chi connectivity index (χ0v) is 10.9. The Morgan fingerprint density at radius 1 is 1.30 bits per heavy atom. The first-order chi connectivity index (χ1) is 9.39. The van der Waals surface area contributed by atoms with Gasteiger partial charge >= 0.3 is 6.18 Å². The molecule has 0 aromatic heterocycles. The number of rotatable bonds is 4. The summed E-state index contributed by atoms with van der Waals surface area (Å²) < 4.78 is 39.1. The molecule has 1 aromatic rings. The third kappa shape index (κ3) is 3.30. The van der Waals surface area contributed by atoms with Crippen molar-refractivity contribution in [2.75, 3.05) is 6.54 Å². The van der Waals surface area contributed by atoms with Gasteiger partial charge in [0.2, 0.25) is 5.91 Å². The van der Waals surface area contributed by atoms with Crippen molar-refractivity contribution in [1.29, 1.82) is 0 Å². The van der Waals surface area contributed by atoms with Crippen molar-refractivity contribution in [3.05, 3.63) is 35.4 Å². The normalized spacial score (nSPS) is 22.9. The number of halogens is 3. The number of carbonyl (C=O) groups excluding carboxylic acids is 1. The first-order valence-corrected chi connectivity index (χ1v) is 6.57. The Labute approximate surface area is 115 Å². The summed E-state index contributed by atoms with van der Waals surface area (Å²) in [5.74, 6) is -0.730. The van der Waals surface area contributed by atoms with E-state index in [1.54, 1.807) is 6.07 Å². The molecule has 0 unspecified atom stereocenters. The minimum Gasteiger partial charge on any atom is -0.369 e. The third-order valence-corrected chi connectivity index (χ3v) is 3.72. The molecule has 0 bridgehead atoms. The monoisotopic (exact) mass is 286 g/mol. The van der Waals surface area contributed by atoms with E-state index >= 15 is 0 Å². The van der Waals surface area contributed by atoms with Gasteiger partial charge in [-0.3, -0.25) is 4.79 Å². The Morgan fingerprint density at radius 2 is 2.00 bits per heavy atom. The molecule has 3 N–H and O–H groups in total. The van der Waals surface area contributed by atoms with Crippen LogP contribution in [0.25, 0.3) is 0 Å². The maximum atomic E-state index is 13.0. The number of nitrogens with two attached hydrogens (primary N) is 1. The van der Waals surface area contributed by atoms with E-state index in [1.165, 1.54) is 12.1 Å². The maximum Gasteiger partial charge on any atom is 0.416 e. The van der Waals surface area contributed by atoms with Crippen LogP contribution in [0.2, 0.25) is 0 Å². The molecule has 0 aliphatic heterocycles. The van der Waals surface area contributed by atoms with Gasteiger partial charge in [-0.15, -0.1) is 0 Å². The molecule has 1 saturated carbocycles. The van der Waals surface area contributed by atoms with Gasteiger partial charge < -0.3 is 11.1 Å². The molecule has 110 valence electrons. The summed E-state index contributed by atoms with van der Waals surface area (Å²) in [4.78, 5) is 10.8. The second kappa shape index (κ2) is 5.83. The van der Waals surface area contributed by atoms with Crippen LogP contribution in [-0.4, -0.2) is 18.5 Å². The number of amides is 1. The van der Waals surface area contributed by atoms with Crippen molar-refractivity contribution in [2.45, 2.75) is 37.4 Å². The van der Waals surface area contributed by atoms with Gasteiger partial charge in [0.1, 0.15) is 0 Å². The van der Waals surface area contributed by atoms with Crippen LogP contribution in [0.4, 0.5) is 13.2 Å². The van der Waals surface area contributed by atoms with E-state index in [4.69, 9.17) is 5.73 Å². The highest BCUT2D eigenvalue weighted by Crippen LogP contribution is 2.41. The molecular weight excluding hydrogens is 269 g/mol. The van der Waals surface area contributed by atoms with Crippen LogP contribution in [0.5, 0.6) is 0 Å². The summed E-state index contributed by atoms with van der Waals surface area (Å²) in [5.41, 5.74) is 4.79. The van der Waals surface area contributed by atoms with Crippen LogP contribution >= 0.6 is 0 Å². The Bertz CT molecular complexity index is 488. The van der Waals surface area contributed by atoms with Gasteiger partial charge in [-0.1, -0.05) is 24.6 Å². The van der Waals surface area contributed by atoms with Crippen molar-refractivity contribution in [1.82, 2.24) is 5.32 Å². The summed E-state index contributed by atoms with van der Waals surface area (Å²) in [6.45, 7) is -0.00461. The van der Waals surface area contributed by atoms with Gasteiger partial charge in [-0.2, -0.15) is 13.2 Å². The first-order valence-electron chi connectivity index (χ1n) is 6.57. The largest absolute Gasteiger partial charge is 0.416 e. The van der Waals surface area contributed by atoms with Gasteiger partial charge in [0, 0.05) is 6.04 Å². The van der Waals surface area contributed by atoms with Crippen molar-refractivity contribution < 1.29 is 18.0 Å². The zero-order valence-electron chi connectivity index (χ0n) is 10.9. The molecule has 0 heterocycles. The van der Waals surface area contributed by atoms with E-state index < -0.39 is 17.6 Å². The van der Waals surface area contributed by atoms with E-state index in [1.807, 2.05) is 0 Å². The number of hydrogen-bond donors (Lipinski definition) is 2. The molecule has 3 nitrogen and oxygen atoms in total. The van der Waals surface area contributed by atoms with Gasteiger partial charge in [0.15, 0.2) is 0 Å². The number of primary amides is 1.